The Labute approximate surface area is 222 Å². The lowest BCUT2D eigenvalue weighted by atomic mass is 10.2. The number of benzene rings is 2. The Morgan fingerprint density at radius 2 is 1.46 bits per heavy atom. The van der Waals surface area contributed by atoms with Gasteiger partial charge in [0.05, 0.1) is 27.8 Å². The number of hydrogen-bond acceptors (Lipinski definition) is 11. The Morgan fingerprint density at radius 3 is 2.08 bits per heavy atom. The van der Waals surface area contributed by atoms with Crippen LogP contribution in [0.3, 0.4) is 0 Å². The van der Waals surface area contributed by atoms with E-state index in [4.69, 9.17) is 5.26 Å². The van der Waals surface area contributed by atoms with Gasteiger partial charge in [0.1, 0.15) is 11.1 Å². The van der Waals surface area contributed by atoms with Gasteiger partial charge in [-0.25, -0.2) is 4.98 Å². The number of thiazole rings is 1. The molecule has 0 amide bonds. The number of nitrogens with zero attached hydrogens (tertiary/aromatic N) is 9. The van der Waals surface area contributed by atoms with E-state index in [0.29, 0.717) is 22.2 Å². The van der Waals surface area contributed by atoms with Crippen molar-refractivity contribution in [3.63, 3.8) is 0 Å². The quantitative estimate of drug-likeness (QED) is 0.224. The predicted molar refractivity (Wildman–Crippen MR) is 147 cm³/mol. The van der Waals surface area contributed by atoms with Crippen LogP contribution < -0.4 is 4.90 Å². The fourth-order valence-corrected chi connectivity index (χ4v) is 5.23. The second-order valence-corrected chi connectivity index (χ2v) is 10.4. The maximum atomic E-state index is 8.87. The molecule has 1 aliphatic heterocycles. The monoisotopic (exact) mass is 525 g/mol. The zero-order valence-corrected chi connectivity index (χ0v) is 22.0. The predicted octanol–water partition coefficient (Wildman–Crippen LogP) is 9.54. The topological polar surface area (TPSA) is 114 Å². The molecule has 37 heavy (non-hydrogen) atoms. The first kappa shape index (κ1) is 24.5. The number of anilines is 1. The van der Waals surface area contributed by atoms with Gasteiger partial charge >= 0.3 is 0 Å². The Bertz CT molecular complexity index is 1540. The summed E-state index contributed by atoms with van der Waals surface area (Å²) in [7, 11) is 0. The molecule has 2 aromatic carbocycles. The molecule has 0 bridgehead atoms. The molecule has 0 spiro atoms. The molecule has 0 radical (unpaired) electrons. The van der Waals surface area contributed by atoms with Crippen molar-refractivity contribution in [3.8, 4) is 6.07 Å². The fourth-order valence-electron chi connectivity index (χ4n) is 3.78. The van der Waals surface area contributed by atoms with E-state index in [2.05, 4.69) is 46.6 Å². The second kappa shape index (κ2) is 11.3. The maximum Gasteiger partial charge on any atom is 0.231 e. The molecule has 184 valence electrons. The third-order valence-electron chi connectivity index (χ3n) is 5.74. The highest BCUT2D eigenvalue weighted by Crippen LogP contribution is 2.35. The number of azo groups is 3. The van der Waals surface area contributed by atoms with Crippen LogP contribution in [-0.4, -0.2) is 18.1 Å². The summed E-state index contributed by atoms with van der Waals surface area (Å²) in [6.45, 7) is 6.16. The summed E-state index contributed by atoms with van der Waals surface area (Å²) in [5.74, 6) is 0. The Balaban J connectivity index is 1.23. The first-order chi connectivity index (χ1) is 18.1. The lowest BCUT2D eigenvalue weighted by Crippen LogP contribution is -2.15. The number of thiophene rings is 1. The molecular weight excluding hydrogens is 502 g/mol. The summed E-state index contributed by atoms with van der Waals surface area (Å²) in [6, 6.07) is 17.5. The summed E-state index contributed by atoms with van der Waals surface area (Å²) >= 11 is 2.95. The summed E-state index contributed by atoms with van der Waals surface area (Å²) in [6.07, 6.45) is 2.52. The van der Waals surface area contributed by atoms with Crippen LogP contribution in [0.2, 0.25) is 0 Å². The minimum Gasteiger partial charge on any atom is -0.363 e. The third kappa shape index (κ3) is 6.17. The van der Waals surface area contributed by atoms with E-state index in [-0.39, 0.29) is 0 Å². The lowest BCUT2D eigenvalue weighted by Gasteiger charge is -2.13. The van der Waals surface area contributed by atoms with Gasteiger partial charge in [-0.2, -0.15) is 15.5 Å². The summed E-state index contributed by atoms with van der Waals surface area (Å²) < 4.78 is 0. The van der Waals surface area contributed by atoms with E-state index in [1.54, 1.807) is 16.7 Å². The van der Waals surface area contributed by atoms with Crippen molar-refractivity contribution in [1.29, 1.82) is 5.26 Å². The molecule has 2 aromatic heterocycles. The molecule has 0 atom stereocenters. The molecule has 0 unspecified atom stereocenters. The van der Waals surface area contributed by atoms with Gasteiger partial charge in [-0.1, -0.05) is 11.3 Å². The molecule has 5 rings (SSSR count). The van der Waals surface area contributed by atoms with Gasteiger partial charge in [0.25, 0.3) is 0 Å². The van der Waals surface area contributed by atoms with Crippen LogP contribution in [0.15, 0.2) is 84.6 Å². The molecule has 11 heteroatoms. The smallest absolute Gasteiger partial charge is 0.231 e. The van der Waals surface area contributed by atoms with Gasteiger partial charge in [-0.05, 0) is 86.3 Å². The van der Waals surface area contributed by atoms with Crippen molar-refractivity contribution in [1.82, 2.24) is 4.98 Å². The first-order valence-corrected chi connectivity index (χ1v) is 13.4. The molecular formula is C26H23N9S2. The maximum absolute atomic E-state index is 8.87. The number of rotatable bonds is 7. The third-order valence-corrected chi connectivity index (χ3v) is 7.50. The standard InChI is InChI=1S/C26H23N9S2/c1-17-14-20(30-33-24-9-10-25(37-24)35-11-3-4-12-35)6-7-22(17)31-29-19-5-8-23(18(2)13-19)32-34-26-28-21(15-27)16-36-26/h5-10,13-14,16H,3-4,11-12H2,1-2H3. The molecule has 9 nitrogen and oxygen atoms in total. The summed E-state index contributed by atoms with van der Waals surface area (Å²) in [5, 5.41) is 39.1. The van der Waals surface area contributed by atoms with Crippen LogP contribution in [-0.2, 0) is 0 Å². The SMILES string of the molecule is Cc1cc(N=Nc2ccc(N3CCCC3)s2)ccc1N=Nc1ccc(N=Nc2nc(C#N)cs2)c(C)c1. The van der Waals surface area contributed by atoms with Crippen LogP contribution in [0.25, 0.3) is 0 Å². The number of nitriles is 1. The van der Waals surface area contributed by atoms with Crippen molar-refractivity contribution < 1.29 is 0 Å². The molecule has 1 aliphatic rings. The van der Waals surface area contributed by atoms with E-state index in [0.717, 1.165) is 40.6 Å². The van der Waals surface area contributed by atoms with Crippen molar-refractivity contribution >= 4 is 60.6 Å². The molecule has 0 saturated carbocycles. The highest BCUT2D eigenvalue weighted by molar-refractivity contribution is 7.19. The van der Waals surface area contributed by atoms with E-state index >= 15 is 0 Å². The van der Waals surface area contributed by atoms with Gasteiger partial charge in [0.15, 0.2) is 5.69 Å². The van der Waals surface area contributed by atoms with Crippen molar-refractivity contribution in [2.24, 2.45) is 30.7 Å². The van der Waals surface area contributed by atoms with E-state index in [9.17, 15) is 0 Å². The van der Waals surface area contributed by atoms with E-state index in [1.807, 2.05) is 62.4 Å². The summed E-state index contributed by atoms with van der Waals surface area (Å²) in [4.78, 5) is 6.46. The highest BCUT2D eigenvalue weighted by Gasteiger charge is 2.14. The van der Waals surface area contributed by atoms with Crippen LogP contribution >= 0.6 is 22.7 Å². The largest absolute Gasteiger partial charge is 0.363 e. The molecule has 4 aromatic rings. The fraction of sp³-hybridized carbons (Fsp3) is 0.231. The average molecular weight is 526 g/mol. The lowest BCUT2D eigenvalue weighted by molar-refractivity contribution is 0.949. The van der Waals surface area contributed by atoms with Crippen LogP contribution in [0.5, 0.6) is 0 Å². The van der Waals surface area contributed by atoms with Gasteiger partial charge in [-0.15, -0.1) is 31.8 Å². The Kier molecular flexibility index (Phi) is 7.49. The Morgan fingerprint density at radius 1 is 0.811 bits per heavy atom. The molecule has 1 fully saturated rings. The van der Waals surface area contributed by atoms with Gasteiger partial charge in [-0.3, -0.25) is 0 Å². The Hall–Kier alpha value is -4.14. The van der Waals surface area contributed by atoms with Crippen LogP contribution in [0, 0.1) is 25.2 Å². The molecule has 1 saturated heterocycles. The van der Waals surface area contributed by atoms with Gasteiger partial charge in [0.2, 0.25) is 5.13 Å². The number of hydrogen-bond donors (Lipinski definition) is 0. The average Bonchev–Trinajstić information content (AvgIpc) is 3.68. The van der Waals surface area contributed by atoms with Gasteiger partial charge in [0, 0.05) is 18.5 Å². The number of aromatic nitrogens is 1. The molecule has 0 aliphatic carbocycles. The minimum absolute atomic E-state index is 0.340. The normalized spacial score (nSPS) is 13.9. The highest BCUT2D eigenvalue weighted by atomic mass is 32.1. The van der Waals surface area contributed by atoms with Crippen LogP contribution in [0.4, 0.5) is 37.9 Å². The van der Waals surface area contributed by atoms with Crippen molar-refractivity contribution in [3.05, 3.63) is 70.7 Å². The first-order valence-electron chi connectivity index (χ1n) is 11.7. The molecule has 0 N–H and O–H groups in total. The van der Waals surface area contributed by atoms with Crippen molar-refractivity contribution in [2.45, 2.75) is 26.7 Å². The van der Waals surface area contributed by atoms with Crippen molar-refractivity contribution in [2.75, 3.05) is 18.0 Å². The van der Waals surface area contributed by atoms with Gasteiger partial charge < -0.3 is 4.90 Å². The number of aryl methyl sites for hydroxylation is 2. The zero-order chi connectivity index (χ0) is 25.6. The molecule has 3 heterocycles. The zero-order valence-electron chi connectivity index (χ0n) is 20.4. The van der Waals surface area contributed by atoms with Crippen LogP contribution in [0.1, 0.15) is 29.7 Å². The van der Waals surface area contributed by atoms with E-state index < -0.39 is 0 Å². The summed E-state index contributed by atoms with van der Waals surface area (Å²) in [5.41, 5.74) is 5.18. The minimum atomic E-state index is 0.340. The second-order valence-electron chi connectivity index (χ2n) is 8.47. The van der Waals surface area contributed by atoms with E-state index in [1.165, 1.54) is 29.2 Å².